The molecule has 0 aromatic carbocycles. The van der Waals surface area contributed by atoms with Crippen LogP contribution in [0.1, 0.15) is 38.9 Å². The highest BCUT2D eigenvalue weighted by atomic mass is 16.5. The minimum absolute atomic E-state index is 0.0442. The Bertz CT molecular complexity index is 402. The second kappa shape index (κ2) is 5.52. The standard InChI is InChI=1S/C13H22N4O/c1-3-4-11-15-10(14)9-12(16-11)17-13(2)5-7-18-8-6-13/h9H,3-8H2,1-2H3,(H3,14,15,16,17). The normalized spacial score (nSPS) is 18.6. The van der Waals surface area contributed by atoms with E-state index in [9.17, 15) is 0 Å². The Labute approximate surface area is 108 Å². The zero-order valence-electron chi connectivity index (χ0n) is 11.2. The molecule has 0 aliphatic carbocycles. The third kappa shape index (κ3) is 3.32. The monoisotopic (exact) mass is 250 g/mol. The Morgan fingerprint density at radius 2 is 2.11 bits per heavy atom. The number of aryl methyl sites for hydroxylation is 1. The Balaban J connectivity index is 2.12. The zero-order chi connectivity index (χ0) is 13.0. The predicted molar refractivity (Wildman–Crippen MR) is 72.5 cm³/mol. The number of nitrogens with one attached hydrogen (secondary N) is 1. The van der Waals surface area contributed by atoms with Gasteiger partial charge in [-0.3, -0.25) is 0 Å². The zero-order valence-corrected chi connectivity index (χ0v) is 11.2. The van der Waals surface area contributed by atoms with Gasteiger partial charge in [-0.15, -0.1) is 0 Å². The van der Waals surface area contributed by atoms with Crippen molar-refractivity contribution in [3.05, 3.63) is 11.9 Å². The summed E-state index contributed by atoms with van der Waals surface area (Å²) < 4.78 is 5.39. The van der Waals surface area contributed by atoms with Gasteiger partial charge in [0.1, 0.15) is 17.5 Å². The lowest BCUT2D eigenvalue weighted by Gasteiger charge is -2.35. The van der Waals surface area contributed by atoms with Crippen molar-refractivity contribution >= 4 is 11.6 Å². The summed E-state index contributed by atoms with van der Waals surface area (Å²) in [5, 5.41) is 3.49. The third-order valence-electron chi connectivity index (χ3n) is 3.29. The van der Waals surface area contributed by atoms with Crippen molar-refractivity contribution in [1.82, 2.24) is 9.97 Å². The molecule has 0 unspecified atom stereocenters. The molecule has 5 heteroatoms. The number of hydrogen-bond donors (Lipinski definition) is 2. The molecule has 1 aliphatic rings. The molecule has 0 amide bonds. The first-order valence-electron chi connectivity index (χ1n) is 6.61. The van der Waals surface area contributed by atoms with Gasteiger partial charge in [-0.25, -0.2) is 9.97 Å². The number of nitrogens with two attached hydrogens (primary N) is 1. The summed E-state index contributed by atoms with van der Waals surface area (Å²) in [4.78, 5) is 8.76. The van der Waals surface area contributed by atoms with Crippen LogP contribution in [0.5, 0.6) is 0 Å². The largest absolute Gasteiger partial charge is 0.384 e. The van der Waals surface area contributed by atoms with E-state index in [1.165, 1.54) is 0 Å². The summed E-state index contributed by atoms with van der Waals surface area (Å²) in [5.74, 6) is 2.18. The minimum atomic E-state index is 0.0442. The van der Waals surface area contributed by atoms with Gasteiger partial charge in [0, 0.05) is 31.2 Å². The molecule has 3 N–H and O–H groups in total. The molecular formula is C13H22N4O. The summed E-state index contributed by atoms with van der Waals surface area (Å²) in [6.45, 7) is 5.91. The van der Waals surface area contributed by atoms with E-state index in [1.807, 2.05) is 0 Å². The average molecular weight is 250 g/mol. The number of anilines is 2. The van der Waals surface area contributed by atoms with E-state index in [0.717, 1.165) is 50.5 Å². The van der Waals surface area contributed by atoms with E-state index in [4.69, 9.17) is 10.5 Å². The Hall–Kier alpha value is -1.36. The van der Waals surface area contributed by atoms with Gasteiger partial charge >= 0.3 is 0 Å². The number of nitrogen functional groups attached to an aromatic ring is 1. The van der Waals surface area contributed by atoms with Crippen LogP contribution in [0.4, 0.5) is 11.6 Å². The van der Waals surface area contributed by atoms with Crippen LogP contribution in [-0.2, 0) is 11.2 Å². The van der Waals surface area contributed by atoms with Crippen LogP contribution in [0.15, 0.2) is 6.07 Å². The number of ether oxygens (including phenoxy) is 1. The van der Waals surface area contributed by atoms with Crippen molar-refractivity contribution in [2.45, 2.75) is 45.1 Å². The summed E-state index contributed by atoms with van der Waals surface area (Å²) in [6, 6.07) is 1.81. The van der Waals surface area contributed by atoms with Gasteiger partial charge in [0.2, 0.25) is 0 Å². The van der Waals surface area contributed by atoms with E-state index in [0.29, 0.717) is 5.82 Å². The Morgan fingerprint density at radius 3 is 2.78 bits per heavy atom. The highest BCUT2D eigenvalue weighted by molar-refractivity contribution is 5.46. The highest BCUT2D eigenvalue weighted by Crippen LogP contribution is 2.25. The Morgan fingerprint density at radius 1 is 1.39 bits per heavy atom. The molecule has 2 heterocycles. The van der Waals surface area contributed by atoms with Gasteiger partial charge in [0.15, 0.2) is 0 Å². The lowest BCUT2D eigenvalue weighted by Crippen LogP contribution is -2.41. The molecule has 0 saturated carbocycles. The maximum absolute atomic E-state index is 5.82. The molecule has 1 fully saturated rings. The molecule has 0 bridgehead atoms. The second-order valence-corrected chi connectivity index (χ2v) is 5.14. The predicted octanol–water partition coefficient (Wildman–Crippen LogP) is 1.99. The molecule has 2 rings (SSSR count). The first kappa shape index (κ1) is 13.1. The molecule has 0 spiro atoms. The van der Waals surface area contributed by atoms with Gasteiger partial charge in [0.25, 0.3) is 0 Å². The topological polar surface area (TPSA) is 73.1 Å². The van der Waals surface area contributed by atoms with E-state index >= 15 is 0 Å². The molecule has 0 radical (unpaired) electrons. The first-order valence-corrected chi connectivity index (χ1v) is 6.61. The maximum atomic E-state index is 5.82. The molecule has 1 aromatic rings. The van der Waals surface area contributed by atoms with Gasteiger partial charge in [-0.1, -0.05) is 6.92 Å². The fourth-order valence-electron chi connectivity index (χ4n) is 2.17. The lowest BCUT2D eigenvalue weighted by molar-refractivity contribution is 0.0657. The molecule has 0 atom stereocenters. The van der Waals surface area contributed by atoms with Crippen LogP contribution in [0.3, 0.4) is 0 Å². The number of hydrogen-bond acceptors (Lipinski definition) is 5. The van der Waals surface area contributed by atoms with Crippen molar-refractivity contribution in [2.24, 2.45) is 0 Å². The van der Waals surface area contributed by atoms with Crippen molar-refractivity contribution in [3.8, 4) is 0 Å². The first-order chi connectivity index (χ1) is 8.61. The van der Waals surface area contributed by atoms with E-state index < -0.39 is 0 Å². The fourth-order valence-corrected chi connectivity index (χ4v) is 2.17. The molecular weight excluding hydrogens is 228 g/mol. The van der Waals surface area contributed by atoms with Crippen LogP contribution in [0, 0.1) is 0 Å². The van der Waals surface area contributed by atoms with Gasteiger partial charge in [-0.05, 0) is 26.2 Å². The number of nitrogens with zero attached hydrogens (tertiary/aromatic N) is 2. The van der Waals surface area contributed by atoms with Crippen LogP contribution in [0.25, 0.3) is 0 Å². The van der Waals surface area contributed by atoms with Gasteiger partial charge in [-0.2, -0.15) is 0 Å². The van der Waals surface area contributed by atoms with Crippen molar-refractivity contribution in [1.29, 1.82) is 0 Å². The molecule has 5 nitrogen and oxygen atoms in total. The maximum Gasteiger partial charge on any atom is 0.133 e. The van der Waals surface area contributed by atoms with Crippen LogP contribution >= 0.6 is 0 Å². The molecule has 1 saturated heterocycles. The quantitative estimate of drug-likeness (QED) is 0.855. The summed E-state index contributed by atoms with van der Waals surface area (Å²) >= 11 is 0. The fraction of sp³-hybridized carbons (Fsp3) is 0.692. The number of rotatable bonds is 4. The van der Waals surface area contributed by atoms with Gasteiger partial charge in [0.05, 0.1) is 0 Å². The highest BCUT2D eigenvalue weighted by Gasteiger charge is 2.27. The molecule has 100 valence electrons. The van der Waals surface area contributed by atoms with Gasteiger partial charge < -0.3 is 15.8 Å². The molecule has 18 heavy (non-hydrogen) atoms. The van der Waals surface area contributed by atoms with Crippen molar-refractivity contribution in [2.75, 3.05) is 24.3 Å². The summed E-state index contributed by atoms with van der Waals surface area (Å²) in [7, 11) is 0. The van der Waals surface area contributed by atoms with E-state index in [1.54, 1.807) is 6.07 Å². The summed E-state index contributed by atoms with van der Waals surface area (Å²) in [6.07, 6.45) is 3.85. The van der Waals surface area contributed by atoms with Crippen LogP contribution < -0.4 is 11.1 Å². The van der Waals surface area contributed by atoms with Crippen molar-refractivity contribution in [3.63, 3.8) is 0 Å². The van der Waals surface area contributed by atoms with Crippen LogP contribution in [0.2, 0.25) is 0 Å². The SMILES string of the molecule is CCCc1nc(N)cc(NC2(C)CCOCC2)n1. The van der Waals surface area contributed by atoms with E-state index in [-0.39, 0.29) is 5.54 Å². The Kier molecular flexibility index (Phi) is 4.01. The minimum Gasteiger partial charge on any atom is -0.384 e. The average Bonchev–Trinajstić information content (AvgIpc) is 2.28. The number of aromatic nitrogens is 2. The molecule has 1 aromatic heterocycles. The van der Waals surface area contributed by atoms with E-state index in [2.05, 4.69) is 29.1 Å². The third-order valence-corrected chi connectivity index (χ3v) is 3.29. The van der Waals surface area contributed by atoms with Crippen LogP contribution in [-0.4, -0.2) is 28.7 Å². The smallest absolute Gasteiger partial charge is 0.133 e. The van der Waals surface area contributed by atoms with Crippen molar-refractivity contribution < 1.29 is 4.74 Å². The molecule has 1 aliphatic heterocycles. The lowest BCUT2D eigenvalue weighted by atomic mass is 9.92. The summed E-state index contributed by atoms with van der Waals surface area (Å²) in [5.41, 5.74) is 5.87. The second-order valence-electron chi connectivity index (χ2n) is 5.14.